The molecule has 0 amide bonds. The molecule has 2 rings (SSSR count). The summed E-state index contributed by atoms with van der Waals surface area (Å²) in [5.74, 6) is -61.1. The van der Waals surface area contributed by atoms with E-state index in [0.717, 1.165) is 12.2 Å². The molecule has 2 aliphatic carbocycles. The number of hydrogen-bond acceptors (Lipinski definition) is 0. The smallest absolute Gasteiger partial charge is 0.231 e. The van der Waals surface area contributed by atoms with E-state index in [1.165, 1.54) is 6.08 Å². The summed E-state index contributed by atoms with van der Waals surface area (Å²) in [6.07, 6.45) is -4.20. The van der Waals surface area contributed by atoms with Crippen LogP contribution in [0.15, 0.2) is 23.8 Å². The van der Waals surface area contributed by atoms with E-state index < -0.39 is 81.2 Å². The number of rotatable bonds is 9. The second-order valence-corrected chi connectivity index (χ2v) is 11.0. The Labute approximate surface area is 222 Å². The average Bonchev–Trinajstić information content (AvgIpc) is 3.21. The summed E-state index contributed by atoms with van der Waals surface area (Å²) in [6.45, 7) is 0. The first-order chi connectivity index (χ1) is 17.0. The Bertz CT molecular complexity index is 998. The predicted octanol–water partition coefficient (Wildman–Crippen LogP) is 9.69. The fraction of sp³-hybridized carbons (Fsp3) is 0.789. The van der Waals surface area contributed by atoms with E-state index in [1.54, 1.807) is 0 Å². The summed E-state index contributed by atoms with van der Waals surface area (Å²) in [4.78, 5) is 0. The lowest BCUT2D eigenvalue weighted by molar-refractivity contribution is -0.453. The Morgan fingerprint density at radius 1 is 0.615 bits per heavy atom. The van der Waals surface area contributed by atoms with Crippen LogP contribution in [0.4, 0.5) is 74.6 Å². The van der Waals surface area contributed by atoms with E-state index in [-0.39, 0.29) is 12.8 Å². The van der Waals surface area contributed by atoms with Gasteiger partial charge in [-0.25, -0.2) is 13.2 Å². The van der Waals surface area contributed by atoms with Gasteiger partial charge in [0.2, 0.25) is 9.46 Å². The van der Waals surface area contributed by atoms with Crippen molar-refractivity contribution in [2.75, 3.05) is 0 Å². The van der Waals surface area contributed by atoms with Gasteiger partial charge in [-0.05, 0) is 25.2 Å². The van der Waals surface area contributed by atoms with Gasteiger partial charge in [-0.1, -0.05) is 58.6 Å². The van der Waals surface area contributed by atoms with Crippen LogP contribution in [0.5, 0.6) is 0 Å². The zero-order valence-electron chi connectivity index (χ0n) is 18.1. The number of halogens is 20. The number of hydrogen-bond donors (Lipinski definition) is 0. The highest BCUT2D eigenvalue weighted by Crippen LogP contribution is 2.69. The maximum absolute atomic E-state index is 16.0. The zero-order valence-corrected chi connectivity index (χ0v) is 20.4. The Kier molecular flexibility index (Phi) is 8.45. The molecule has 1 saturated carbocycles. The highest BCUT2D eigenvalue weighted by atomic mass is 35.6. The molecule has 0 aromatic rings. The molecular weight excluding hydrogens is 658 g/mol. The molecule has 0 aliphatic heterocycles. The molecule has 0 nitrogen and oxygen atoms in total. The minimum Gasteiger partial charge on any atom is -0.231 e. The number of fused-ring (bicyclic) bond motifs is 1. The summed E-state index contributed by atoms with van der Waals surface area (Å²) in [5.41, 5.74) is -6.24. The fourth-order valence-electron chi connectivity index (χ4n) is 4.30. The van der Waals surface area contributed by atoms with E-state index in [9.17, 15) is 61.5 Å². The molecule has 0 aromatic carbocycles. The molecule has 20 heteroatoms. The Balaban J connectivity index is 2.77. The minimum atomic E-state index is -8.69. The van der Waals surface area contributed by atoms with Crippen LogP contribution in [0, 0.1) is 11.8 Å². The van der Waals surface area contributed by atoms with Crippen molar-refractivity contribution in [2.24, 2.45) is 11.8 Å². The van der Waals surface area contributed by atoms with Gasteiger partial charge in [0.1, 0.15) is 0 Å². The van der Waals surface area contributed by atoms with Crippen LogP contribution in [0.3, 0.4) is 0 Å². The standard InChI is InChI=1S/C19H12Cl3F17/c20-19(21,22)11(25,9-6-5-7-3-1-2-4-8(7)9)13(28,29)15(32,33)17(36,37)18(38,39)16(34,35)14(30,31)12(26,27)10(23)24/h1-2,4,7,9-10H,3,5-6H2. The predicted molar refractivity (Wildman–Crippen MR) is 103 cm³/mol. The van der Waals surface area contributed by atoms with Crippen molar-refractivity contribution in [3.05, 3.63) is 23.8 Å². The topological polar surface area (TPSA) is 0 Å². The van der Waals surface area contributed by atoms with Crippen molar-refractivity contribution in [3.8, 4) is 0 Å². The highest BCUT2D eigenvalue weighted by Gasteiger charge is 2.96. The van der Waals surface area contributed by atoms with Crippen molar-refractivity contribution in [1.82, 2.24) is 0 Å². The van der Waals surface area contributed by atoms with Gasteiger partial charge < -0.3 is 0 Å². The molecule has 1 fully saturated rings. The molecule has 0 N–H and O–H groups in total. The molecule has 0 spiro atoms. The number of allylic oxidation sites excluding steroid dienone is 4. The summed E-state index contributed by atoms with van der Waals surface area (Å²) in [6, 6.07) is 0. The second kappa shape index (κ2) is 9.60. The first-order valence-corrected chi connectivity index (χ1v) is 11.2. The third-order valence-corrected chi connectivity index (χ3v) is 7.36. The quantitative estimate of drug-likeness (QED) is 0.170. The zero-order chi connectivity index (χ0) is 31.1. The SMILES string of the molecule is FC(F)C(F)(F)C(F)(F)C(F)(F)C(F)(F)C(F)(F)C(F)(F)C(F)(F)C(F)(C1CCC2CC=CC=C21)C(Cl)(Cl)Cl. The van der Waals surface area contributed by atoms with Gasteiger partial charge in [0.05, 0.1) is 0 Å². The molecule has 39 heavy (non-hydrogen) atoms. The van der Waals surface area contributed by atoms with Crippen molar-refractivity contribution in [2.45, 2.75) is 76.6 Å². The first-order valence-electron chi connectivity index (χ1n) is 10.1. The summed E-state index contributed by atoms with van der Waals surface area (Å²) in [7, 11) is 0. The molecular formula is C19H12Cl3F17. The van der Waals surface area contributed by atoms with E-state index >= 15 is 13.2 Å². The molecule has 0 aromatic heterocycles. The van der Waals surface area contributed by atoms with Crippen molar-refractivity contribution in [3.63, 3.8) is 0 Å². The normalized spacial score (nSPS) is 24.1. The van der Waals surface area contributed by atoms with E-state index in [4.69, 9.17) is 34.8 Å². The fourth-order valence-corrected chi connectivity index (χ4v) is 5.05. The van der Waals surface area contributed by atoms with Gasteiger partial charge in [0.25, 0.3) is 0 Å². The van der Waals surface area contributed by atoms with Crippen LogP contribution in [0.25, 0.3) is 0 Å². The van der Waals surface area contributed by atoms with Gasteiger partial charge in [-0.3, -0.25) is 0 Å². The Morgan fingerprint density at radius 3 is 1.44 bits per heavy atom. The van der Waals surface area contributed by atoms with E-state index in [1.807, 2.05) is 0 Å². The van der Waals surface area contributed by atoms with E-state index in [2.05, 4.69) is 0 Å². The molecule has 3 atom stereocenters. The van der Waals surface area contributed by atoms with Crippen LogP contribution < -0.4 is 0 Å². The molecule has 0 saturated heterocycles. The first kappa shape index (κ1) is 34.4. The van der Waals surface area contributed by atoms with Crippen molar-refractivity contribution < 1.29 is 74.6 Å². The highest BCUT2D eigenvalue weighted by molar-refractivity contribution is 6.68. The monoisotopic (exact) mass is 668 g/mol. The van der Waals surface area contributed by atoms with Crippen LogP contribution in [0.1, 0.15) is 19.3 Å². The lowest BCUT2D eigenvalue weighted by Crippen LogP contribution is -2.77. The maximum atomic E-state index is 16.0. The van der Waals surface area contributed by atoms with Gasteiger partial charge in [-0.15, -0.1) is 0 Å². The molecule has 0 heterocycles. The number of alkyl halides is 20. The molecule has 228 valence electrons. The van der Waals surface area contributed by atoms with Gasteiger partial charge >= 0.3 is 47.9 Å². The molecule has 2 aliphatic rings. The van der Waals surface area contributed by atoms with Crippen molar-refractivity contribution >= 4 is 34.8 Å². The van der Waals surface area contributed by atoms with Crippen LogP contribution in [-0.4, -0.2) is 57.3 Å². The lowest BCUT2D eigenvalue weighted by atomic mass is 9.74. The largest absolute Gasteiger partial charge is 0.385 e. The van der Waals surface area contributed by atoms with Crippen LogP contribution in [0.2, 0.25) is 0 Å². The van der Waals surface area contributed by atoms with Crippen LogP contribution >= 0.6 is 34.8 Å². The molecule has 0 radical (unpaired) electrons. The minimum absolute atomic E-state index is 0.0753. The Hall–Kier alpha value is -0.840. The lowest BCUT2D eigenvalue weighted by Gasteiger charge is -2.48. The van der Waals surface area contributed by atoms with Crippen molar-refractivity contribution in [1.29, 1.82) is 0 Å². The van der Waals surface area contributed by atoms with Gasteiger partial charge in [-0.2, -0.15) is 61.5 Å². The molecule has 3 unspecified atom stereocenters. The van der Waals surface area contributed by atoms with Crippen LogP contribution in [-0.2, 0) is 0 Å². The average molecular weight is 670 g/mol. The summed E-state index contributed by atoms with van der Waals surface area (Å²) in [5, 5.41) is 0. The summed E-state index contributed by atoms with van der Waals surface area (Å²) >= 11 is 15.2. The van der Waals surface area contributed by atoms with E-state index in [0.29, 0.717) is 0 Å². The third-order valence-electron chi connectivity index (χ3n) is 6.54. The third kappa shape index (κ3) is 4.32. The van der Waals surface area contributed by atoms with Gasteiger partial charge in [0.15, 0.2) is 0 Å². The second-order valence-electron chi connectivity index (χ2n) is 8.74. The maximum Gasteiger partial charge on any atom is 0.385 e. The Morgan fingerprint density at radius 2 is 1.03 bits per heavy atom. The summed E-state index contributed by atoms with van der Waals surface area (Å²) < 4.78 is 232. The van der Waals surface area contributed by atoms with Gasteiger partial charge in [0, 0.05) is 5.92 Å². The molecule has 0 bridgehead atoms.